The number of amides is 1. The van der Waals surface area contributed by atoms with E-state index in [1.54, 1.807) is 6.07 Å². The second-order valence-electron chi connectivity index (χ2n) is 8.94. The minimum Gasteiger partial charge on any atom is -0.493 e. The highest BCUT2D eigenvalue weighted by Crippen LogP contribution is 2.35. The van der Waals surface area contributed by atoms with Gasteiger partial charge in [-0.25, -0.2) is 4.52 Å². The number of pyridine rings is 1. The molecule has 3 heterocycles. The third kappa shape index (κ3) is 4.15. The molecule has 2 aromatic carbocycles. The summed E-state index contributed by atoms with van der Waals surface area (Å²) in [5.74, 6) is 0.859. The maximum absolute atomic E-state index is 13.5. The zero-order valence-corrected chi connectivity index (χ0v) is 20.7. The number of aryl methyl sites for hydroxylation is 1. The van der Waals surface area contributed by atoms with Gasteiger partial charge in [-0.2, -0.15) is 5.10 Å². The summed E-state index contributed by atoms with van der Waals surface area (Å²) >= 11 is 12.6. The molecule has 0 bridgehead atoms. The molecular weight excluding hydrogens is 469 g/mol. The van der Waals surface area contributed by atoms with Crippen molar-refractivity contribution in [2.45, 2.75) is 39.2 Å². The molecule has 7 heteroatoms. The standard InChI is InChI=1S/C27H25Cl2N3O2/c1-15(2)23-12-18(27(33)30-22-8-9-34-25-7-5-4-6-21(22)25)13-24-26(16(3)31-32(23)24)17-10-19(28)14-20(29)11-17/h4-7,10-15,22H,8-9H2,1-3H3,(H,30,33)/t22-/m0/s1. The summed E-state index contributed by atoms with van der Waals surface area (Å²) in [6.07, 6.45) is 0.722. The Hall–Kier alpha value is -3.02. The lowest BCUT2D eigenvalue weighted by Gasteiger charge is -2.26. The summed E-state index contributed by atoms with van der Waals surface area (Å²) in [5, 5.41) is 9.12. The Morgan fingerprint density at radius 2 is 1.85 bits per heavy atom. The molecule has 4 aromatic rings. The van der Waals surface area contributed by atoms with Crippen molar-refractivity contribution in [2.75, 3.05) is 6.61 Å². The summed E-state index contributed by atoms with van der Waals surface area (Å²) in [6, 6.07) is 17.0. The van der Waals surface area contributed by atoms with Gasteiger partial charge in [0, 0.05) is 38.9 Å². The van der Waals surface area contributed by atoms with E-state index in [1.165, 1.54) is 0 Å². The quantitative estimate of drug-likeness (QED) is 0.333. The maximum Gasteiger partial charge on any atom is 0.251 e. The number of rotatable bonds is 4. The second-order valence-corrected chi connectivity index (χ2v) is 9.81. The van der Waals surface area contributed by atoms with Crippen molar-refractivity contribution >= 4 is 34.6 Å². The van der Waals surface area contributed by atoms with Crippen LogP contribution in [0.15, 0.2) is 54.6 Å². The van der Waals surface area contributed by atoms with E-state index in [2.05, 4.69) is 19.2 Å². The van der Waals surface area contributed by atoms with Crippen LogP contribution in [0.4, 0.5) is 0 Å². The van der Waals surface area contributed by atoms with Gasteiger partial charge in [0.1, 0.15) is 5.75 Å². The van der Waals surface area contributed by atoms with Gasteiger partial charge in [0.05, 0.1) is 23.9 Å². The topological polar surface area (TPSA) is 55.6 Å². The molecule has 0 radical (unpaired) electrons. The smallest absolute Gasteiger partial charge is 0.251 e. The number of hydrogen-bond acceptors (Lipinski definition) is 3. The Kier molecular flexibility index (Phi) is 6.00. The van der Waals surface area contributed by atoms with Crippen molar-refractivity contribution in [1.82, 2.24) is 14.9 Å². The van der Waals surface area contributed by atoms with E-state index < -0.39 is 0 Å². The molecule has 1 aliphatic heterocycles. The van der Waals surface area contributed by atoms with E-state index in [-0.39, 0.29) is 17.9 Å². The van der Waals surface area contributed by atoms with Crippen molar-refractivity contribution < 1.29 is 9.53 Å². The lowest BCUT2D eigenvalue weighted by molar-refractivity contribution is 0.0924. The maximum atomic E-state index is 13.5. The van der Waals surface area contributed by atoms with Crippen LogP contribution in [-0.2, 0) is 0 Å². The molecule has 0 unspecified atom stereocenters. The fourth-order valence-electron chi connectivity index (χ4n) is 4.62. The molecule has 5 rings (SSSR count). The molecule has 0 saturated carbocycles. The zero-order chi connectivity index (χ0) is 24.0. The molecule has 0 aliphatic carbocycles. The molecular formula is C27H25Cl2N3O2. The summed E-state index contributed by atoms with van der Waals surface area (Å²) in [7, 11) is 0. The molecule has 5 nitrogen and oxygen atoms in total. The second kappa shape index (κ2) is 8.97. The number of benzene rings is 2. The van der Waals surface area contributed by atoms with Gasteiger partial charge in [-0.1, -0.05) is 55.2 Å². The van der Waals surface area contributed by atoms with E-state index in [9.17, 15) is 4.79 Å². The highest BCUT2D eigenvalue weighted by molar-refractivity contribution is 6.35. The van der Waals surface area contributed by atoms with Gasteiger partial charge in [0.2, 0.25) is 0 Å². The van der Waals surface area contributed by atoms with E-state index in [4.69, 9.17) is 33.0 Å². The van der Waals surface area contributed by atoms with E-state index in [1.807, 2.05) is 60.0 Å². The average molecular weight is 494 g/mol. The Morgan fingerprint density at radius 3 is 2.59 bits per heavy atom. The molecule has 1 amide bonds. The summed E-state index contributed by atoms with van der Waals surface area (Å²) in [5.41, 5.74) is 6.03. The van der Waals surface area contributed by atoms with Crippen molar-refractivity contribution in [1.29, 1.82) is 0 Å². The van der Waals surface area contributed by atoms with Crippen molar-refractivity contribution in [2.24, 2.45) is 0 Å². The van der Waals surface area contributed by atoms with Gasteiger partial charge in [-0.3, -0.25) is 4.79 Å². The van der Waals surface area contributed by atoms with E-state index in [0.717, 1.165) is 45.8 Å². The minimum absolute atomic E-state index is 0.103. The number of hydrogen-bond donors (Lipinski definition) is 1. The summed E-state index contributed by atoms with van der Waals surface area (Å²) in [6.45, 7) is 6.72. The van der Waals surface area contributed by atoms with Crippen LogP contribution in [0.25, 0.3) is 16.6 Å². The Bertz CT molecular complexity index is 1390. The third-order valence-electron chi connectivity index (χ3n) is 6.21. The largest absolute Gasteiger partial charge is 0.493 e. The number of halogens is 2. The Balaban J connectivity index is 1.60. The van der Waals surface area contributed by atoms with Crippen LogP contribution in [0.3, 0.4) is 0 Å². The number of carbonyl (C=O) groups is 1. The van der Waals surface area contributed by atoms with Crippen molar-refractivity contribution in [3.8, 4) is 16.9 Å². The molecule has 1 atom stereocenters. The first-order valence-corrected chi connectivity index (χ1v) is 12.1. The summed E-state index contributed by atoms with van der Waals surface area (Å²) < 4.78 is 7.67. The molecule has 0 saturated heterocycles. The monoisotopic (exact) mass is 493 g/mol. The van der Waals surface area contributed by atoms with Gasteiger partial charge in [-0.15, -0.1) is 0 Å². The van der Waals surface area contributed by atoms with Crippen LogP contribution < -0.4 is 10.1 Å². The molecule has 0 fully saturated rings. The zero-order valence-electron chi connectivity index (χ0n) is 19.2. The normalized spacial score (nSPS) is 15.3. The first-order valence-electron chi connectivity index (χ1n) is 11.3. The molecule has 174 valence electrons. The number of aromatic nitrogens is 2. The molecule has 34 heavy (non-hydrogen) atoms. The average Bonchev–Trinajstić information content (AvgIpc) is 3.13. The number of nitrogens with zero attached hydrogens (tertiary/aromatic N) is 2. The number of para-hydroxylation sites is 1. The summed E-state index contributed by atoms with van der Waals surface area (Å²) in [4.78, 5) is 13.5. The number of nitrogens with one attached hydrogen (secondary N) is 1. The van der Waals surface area contributed by atoms with Crippen molar-refractivity contribution in [3.05, 3.63) is 87.2 Å². The van der Waals surface area contributed by atoms with Crippen LogP contribution in [0.2, 0.25) is 10.0 Å². The third-order valence-corrected chi connectivity index (χ3v) is 6.64. The number of ether oxygens (including phenoxy) is 1. The Labute approximate surface area is 208 Å². The highest BCUT2D eigenvalue weighted by Gasteiger charge is 2.25. The predicted octanol–water partition coefficient (Wildman–Crippen LogP) is 6.99. The van der Waals surface area contributed by atoms with Crippen LogP contribution in [0, 0.1) is 6.92 Å². The molecule has 2 aromatic heterocycles. The fourth-order valence-corrected chi connectivity index (χ4v) is 5.14. The van der Waals surface area contributed by atoms with Gasteiger partial charge in [0.25, 0.3) is 5.91 Å². The fraction of sp³-hybridized carbons (Fsp3) is 0.259. The minimum atomic E-state index is -0.125. The highest BCUT2D eigenvalue weighted by atomic mass is 35.5. The van der Waals surface area contributed by atoms with Gasteiger partial charge < -0.3 is 10.1 Å². The lowest BCUT2D eigenvalue weighted by atomic mass is 9.99. The predicted molar refractivity (Wildman–Crippen MR) is 136 cm³/mol. The first-order chi connectivity index (χ1) is 16.3. The van der Waals surface area contributed by atoms with E-state index >= 15 is 0 Å². The number of fused-ring (bicyclic) bond motifs is 2. The molecule has 0 spiro atoms. The van der Waals surface area contributed by atoms with Crippen LogP contribution >= 0.6 is 23.2 Å². The SMILES string of the molecule is Cc1nn2c(C(C)C)cc(C(=O)N[C@H]3CCOc4ccccc43)cc2c1-c1cc(Cl)cc(Cl)c1. The van der Waals surface area contributed by atoms with Gasteiger partial charge in [0.15, 0.2) is 0 Å². The van der Waals surface area contributed by atoms with Crippen LogP contribution in [-0.4, -0.2) is 22.1 Å². The molecule has 1 N–H and O–H groups in total. The Morgan fingerprint density at radius 1 is 1.12 bits per heavy atom. The molecule has 1 aliphatic rings. The van der Waals surface area contributed by atoms with Gasteiger partial charge >= 0.3 is 0 Å². The first kappa shape index (κ1) is 22.8. The van der Waals surface area contributed by atoms with Crippen LogP contribution in [0.5, 0.6) is 5.75 Å². The van der Waals surface area contributed by atoms with Crippen LogP contribution in [0.1, 0.15) is 59.5 Å². The van der Waals surface area contributed by atoms with Gasteiger partial charge in [-0.05, 0) is 54.8 Å². The lowest BCUT2D eigenvalue weighted by Crippen LogP contribution is -2.32. The van der Waals surface area contributed by atoms with Crippen molar-refractivity contribution in [3.63, 3.8) is 0 Å². The number of carbonyl (C=O) groups excluding carboxylic acids is 1. The van der Waals surface area contributed by atoms with E-state index in [0.29, 0.717) is 22.2 Å².